The van der Waals surface area contributed by atoms with Crippen molar-refractivity contribution in [3.8, 4) is 0 Å². The van der Waals surface area contributed by atoms with Crippen molar-refractivity contribution in [3.63, 3.8) is 0 Å². The average Bonchev–Trinajstić information content (AvgIpc) is 1.94. The van der Waals surface area contributed by atoms with E-state index in [-0.39, 0.29) is 0 Å². The lowest BCUT2D eigenvalue weighted by atomic mass is 10.1. The summed E-state index contributed by atoms with van der Waals surface area (Å²) in [5.41, 5.74) is 7.23. The minimum absolute atomic E-state index is 0.690. The zero-order valence-electron chi connectivity index (χ0n) is 7.57. The minimum atomic E-state index is 0.690. The van der Waals surface area contributed by atoms with E-state index in [9.17, 15) is 0 Å². The van der Waals surface area contributed by atoms with E-state index in [4.69, 9.17) is 5.73 Å². The number of rotatable bonds is 2. The molecule has 0 fully saturated rings. The van der Waals surface area contributed by atoms with Gasteiger partial charge >= 0.3 is 0 Å². The Kier molecular flexibility index (Phi) is 9.94. The first-order valence-electron chi connectivity index (χ1n) is 3.82. The van der Waals surface area contributed by atoms with E-state index in [0.29, 0.717) is 5.70 Å². The Morgan fingerprint density at radius 2 is 1.90 bits per heavy atom. The van der Waals surface area contributed by atoms with Crippen LogP contribution in [0.25, 0.3) is 0 Å². The predicted octanol–water partition coefficient (Wildman–Crippen LogP) is 2.84. The van der Waals surface area contributed by atoms with Crippen molar-refractivity contribution in [2.75, 3.05) is 0 Å². The fourth-order valence-electron chi connectivity index (χ4n) is 0.617. The molecule has 0 rings (SSSR count). The van der Waals surface area contributed by atoms with Crippen LogP contribution in [-0.2, 0) is 0 Å². The molecule has 0 aromatic heterocycles. The van der Waals surface area contributed by atoms with Crippen LogP contribution in [0.2, 0.25) is 0 Å². The van der Waals surface area contributed by atoms with Crippen LogP contribution in [0, 0.1) is 0 Å². The second-order valence-electron chi connectivity index (χ2n) is 1.69. The summed E-state index contributed by atoms with van der Waals surface area (Å²) in [5.74, 6) is 0. The van der Waals surface area contributed by atoms with Gasteiger partial charge in [-0.2, -0.15) is 0 Å². The molecular formula is C9H19N. The summed E-state index contributed by atoms with van der Waals surface area (Å²) < 4.78 is 0. The highest BCUT2D eigenvalue weighted by molar-refractivity contribution is 5.23. The fourth-order valence-corrected chi connectivity index (χ4v) is 0.617. The van der Waals surface area contributed by atoms with E-state index in [1.807, 2.05) is 26.8 Å². The maximum atomic E-state index is 5.39. The molecule has 1 nitrogen and oxygen atoms in total. The summed E-state index contributed by atoms with van der Waals surface area (Å²) in [7, 11) is 0. The third kappa shape index (κ3) is 5.42. The topological polar surface area (TPSA) is 26.0 Å². The van der Waals surface area contributed by atoms with E-state index in [1.54, 1.807) is 0 Å². The molecule has 0 spiro atoms. The first-order chi connectivity index (χ1) is 4.72. The molecule has 0 atom stereocenters. The van der Waals surface area contributed by atoms with Crippen LogP contribution in [0.4, 0.5) is 0 Å². The summed E-state index contributed by atoms with van der Waals surface area (Å²) in [4.78, 5) is 0. The third-order valence-electron chi connectivity index (χ3n) is 1.14. The molecule has 0 radical (unpaired) electrons. The van der Waals surface area contributed by atoms with Gasteiger partial charge in [-0.3, -0.25) is 0 Å². The molecule has 60 valence electrons. The Morgan fingerprint density at radius 1 is 1.50 bits per heavy atom. The highest BCUT2D eigenvalue weighted by Gasteiger charge is 1.89. The molecule has 0 aliphatic carbocycles. The van der Waals surface area contributed by atoms with E-state index in [1.165, 1.54) is 0 Å². The van der Waals surface area contributed by atoms with Gasteiger partial charge in [-0.25, -0.2) is 0 Å². The molecule has 0 unspecified atom stereocenters. The zero-order valence-corrected chi connectivity index (χ0v) is 7.57. The van der Waals surface area contributed by atoms with Crippen molar-refractivity contribution in [1.82, 2.24) is 0 Å². The molecule has 0 saturated carbocycles. The standard InChI is InChI=1S/C7H13N.C2H6/c1-4-7(5-2)6(3)8;1-2/h4H,3,5,8H2,1-2H3;1-2H3/b7-4+;. The lowest BCUT2D eigenvalue weighted by molar-refractivity contribution is 1.09. The molecule has 0 saturated heterocycles. The van der Waals surface area contributed by atoms with Gasteiger partial charge in [0.1, 0.15) is 0 Å². The van der Waals surface area contributed by atoms with Crippen LogP contribution < -0.4 is 5.73 Å². The molecule has 1 heteroatoms. The molecule has 0 aromatic carbocycles. The van der Waals surface area contributed by atoms with Gasteiger partial charge in [0, 0.05) is 5.70 Å². The zero-order chi connectivity index (χ0) is 8.57. The predicted molar refractivity (Wildman–Crippen MR) is 48.7 cm³/mol. The molecular weight excluding hydrogens is 122 g/mol. The van der Waals surface area contributed by atoms with E-state index in [2.05, 4.69) is 13.5 Å². The van der Waals surface area contributed by atoms with Gasteiger partial charge in [0.05, 0.1) is 0 Å². The molecule has 0 bridgehead atoms. The molecule has 2 N–H and O–H groups in total. The van der Waals surface area contributed by atoms with Crippen LogP contribution >= 0.6 is 0 Å². The van der Waals surface area contributed by atoms with E-state index >= 15 is 0 Å². The van der Waals surface area contributed by atoms with Crippen molar-refractivity contribution in [3.05, 3.63) is 23.9 Å². The largest absolute Gasteiger partial charge is 0.399 e. The van der Waals surface area contributed by atoms with Crippen molar-refractivity contribution < 1.29 is 0 Å². The van der Waals surface area contributed by atoms with Crippen LogP contribution in [0.3, 0.4) is 0 Å². The molecule has 0 heterocycles. The average molecular weight is 141 g/mol. The number of allylic oxidation sites excluding steroid dienone is 2. The summed E-state index contributed by atoms with van der Waals surface area (Å²) in [6.07, 6.45) is 2.97. The quantitative estimate of drug-likeness (QED) is 0.588. The minimum Gasteiger partial charge on any atom is -0.399 e. The summed E-state index contributed by atoms with van der Waals surface area (Å²) in [6.45, 7) is 11.6. The maximum Gasteiger partial charge on any atom is 0.0270 e. The lowest BCUT2D eigenvalue weighted by Gasteiger charge is -1.98. The smallest absolute Gasteiger partial charge is 0.0270 e. The van der Waals surface area contributed by atoms with Crippen LogP contribution in [0.15, 0.2) is 23.9 Å². The van der Waals surface area contributed by atoms with Crippen molar-refractivity contribution in [1.29, 1.82) is 0 Å². The van der Waals surface area contributed by atoms with Crippen LogP contribution in [0.5, 0.6) is 0 Å². The molecule has 0 amide bonds. The molecule has 0 aromatic rings. The SMILES string of the molecule is C=C(N)/C(=C/C)CC.CC. The summed E-state index contributed by atoms with van der Waals surface area (Å²) in [6, 6.07) is 0. The summed E-state index contributed by atoms with van der Waals surface area (Å²) in [5, 5.41) is 0. The second kappa shape index (κ2) is 8.28. The first kappa shape index (κ1) is 12.0. The third-order valence-corrected chi connectivity index (χ3v) is 1.14. The Hall–Kier alpha value is -0.720. The highest BCUT2D eigenvalue weighted by Crippen LogP contribution is 2.04. The highest BCUT2D eigenvalue weighted by atomic mass is 14.6. The Bertz CT molecular complexity index is 112. The number of hydrogen-bond donors (Lipinski definition) is 1. The van der Waals surface area contributed by atoms with E-state index < -0.39 is 0 Å². The van der Waals surface area contributed by atoms with Crippen molar-refractivity contribution >= 4 is 0 Å². The Labute approximate surface area is 64.6 Å². The van der Waals surface area contributed by atoms with Crippen LogP contribution in [0.1, 0.15) is 34.1 Å². The summed E-state index contributed by atoms with van der Waals surface area (Å²) >= 11 is 0. The molecule has 10 heavy (non-hydrogen) atoms. The van der Waals surface area contributed by atoms with Gasteiger partial charge in [-0.1, -0.05) is 33.4 Å². The normalized spacial score (nSPS) is 9.80. The Morgan fingerprint density at radius 3 is 1.90 bits per heavy atom. The monoisotopic (exact) mass is 141 g/mol. The Balaban J connectivity index is 0. The van der Waals surface area contributed by atoms with Gasteiger partial charge in [-0.15, -0.1) is 0 Å². The lowest BCUT2D eigenvalue weighted by Crippen LogP contribution is -1.96. The van der Waals surface area contributed by atoms with Gasteiger partial charge in [0.2, 0.25) is 0 Å². The molecule has 0 aliphatic heterocycles. The second-order valence-corrected chi connectivity index (χ2v) is 1.69. The first-order valence-corrected chi connectivity index (χ1v) is 3.82. The maximum absolute atomic E-state index is 5.39. The fraction of sp³-hybridized carbons (Fsp3) is 0.556. The van der Waals surface area contributed by atoms with Crippen LogP contribution in [-0.4, -0.2) is 0 Å². The van der Waals surface area contributed by atoms with Gasteiger partial charge < -0.3 is 5.73 Å². The number of hydrogen-bond acceptors (Lipinski definition) is 1. The number of nitrogens with two attached hydrogens (primary N) is 1. The van der Waals surface area contributed by atoms with Crippen molar-refractivity contribution in [2.45, 2.75) is 34.1 Å². The van der Waals surface area contributed by atoms with Gasteiger partial charge in [-0.05, 0) is 18.9 Å². The van der Waals surface area contributed by atoms with E-state index in [0.717, 1.165) is 12.0 Å². The van der Waals surface area contributed by atoms with Gasteiger partial charge in [0.25, 0.3) is 0 Å². The van der Waals surface area contributed by atoms with Gasteiger partial charge in [0.15, 0.2) is 0 Å². The molecule has 0 aliphatic rings. The van der Waals surface area contributed by atoms with Crippen molar-refractivity contribution in [2.24, 2.45) is 5.73 Å².